The molecule has 0 saturated carbocycles. The van der Waals surface area contributed by atoms with Crippen LogP contribution in [0.1, 0.15) is 39.5 Å². The van der Waals surface area contributed by atoms with Crippen LogP contribution in [0.3, 0.4) is 0 Å². The van der Waals surface area contributed by atoms with Crippen molar-refractivity contribution >= 4 is 21.6 Å². The molecule has 0 nitrogen and oxygen atoms in total. The molecule has 0 bridgehead atoms. The molecule has 0 saturated heterocycles. The van der Waals surface area contributed by atoms with Crippen molar-refractivity contribution in [2.75, 3.05) is 11.5 Å². The van der Waals surface area contributed by atoms with Gasteiger partial charge in [-0.3, -0.25) is 0 Å². The van der Waals surface area contributed by atoms with E-state index in [0.717, 1.165) is 0 Å². The smallest absolute Gasteiger partial charge is 0.00370 e. The zero-order chi connectivity index (χ0) is 9.23. The van der Waals surface area contributed by atoms with Crippen molar-refractivity contribution in [1.82, 2.24) is 0 Å². The highest BCUT2D eigenvalue weighted by Gasteiger charge is 1.91. The minimum absolute atomic E-state index is 1.21. The Hall–Kier alpha value is 0.440. The number of allylic oxidation sites excluding steroid dienone is 1. The molecule has 12 heavy (non-hydrogen) atoms. The highest BCUT2D eigenvalue weighted by atomic mass is 33.1. The van der Waals surface area contributed by atoms with Gasteiger partial charge in [-0.05, 0) is 32.6 Å². The van der Waals surface area contributed by atoms with Crippen LogP contribution in [-0.4, -0.2) is 11.5 Å². The van der Waals surface area contributed by atoms with Gasteiger partial charge in [0.15, 0.2) is 0 Å². The monoisotopic (exact) mass is 204 g/mol. The van der Waals surface area contributed by atoms with E-state index in [2.05, 4.69) is 20.4 Å². The minimum atomic E-state index is 1.21. The van der Waals surface area contributed by atoms with Gasteiger partial charge in [-0.1, -0.05) is 34.1 Å². The zero-order valence-corrected chi connectivity index (χ0v) is 9.90. The standard InChI is InChI=1S/C10H20S2/c1-4-8-11-12-9-6-5-7-10(2)3/h2,4-9H2,1,3H3. The first kappa shape index (κ1) is 12.4. The number of hydrogen-bond acceptors (Lipinski definition) is 2. The molecule has 0 unspecified atom stereocenters. The topological polar surface area (TPSA) is 0 Å². The lowest BCUT2D eigenvalue weighted by molar-refractivity contribution is 0.798. The Kier molecular flexibility index (Phi) is 9.88. The Bertz CT molecular complexity index is 110. The van der Waals surface area contributed by atoms with Crippen LogP contribution in [0.25, 0.3) is 0 Å². The minimum Gasteiger partial charge on any atom is -0.100 e. The molecule has 0 atom stereocenters. The van der Waals surface area contributed by atoms with Crippen LogP contribution in [0.2, 0.25) is 0 Å². The van der Waals surface area contributed by atoms with Gasteiger partial charge in [-0.15, -0.1) is 6.58 Å². The van der Waals surface area contributed by atoms with Gasteiger partial charge in [0.2, 0.25) is 0 Å². The van der Waals surface area contributed by atoms with Gasteiger partial charge in [-0.25, -0.2) is 0 Å². The molecule has 0 heterocycles. The Morgan fingerprint density at radius 3 is 2.42 bits per heavy atom. The van der Waals surface area contributed by atoms with Crippen molar-refractivity contribution in [3.8, 4) is 0 Å². The second-order valence-electron chi connectivity index (χ2n) is 3.06. The van der Waals surface area contributed by atoms with E-state index in [1.807, 2.05) is 21.6 Å². The second-order valence-corrected chi connectivity index (χ2v) is 5.76. The molecule has 72 valence electrons. The molecule has 0 radical (unpaired) electrons. The summed E-state index contributed by atoms with van der Waals surface area (Å²) in [6.07, 6.45) is 5.16. The van der Waals surface area contributed by atoms with Gasteiger partial charge >= 0.3 is 0 Å². The lowest BCUT2D eigenvalue weighted by Crippen LogP contribution is -1.80. The van der Waals surface area contributed by atoms with Crippen molar-refractivity contribution in [1.29, 1.82) is 0 Å². The van der Waals surface area contributed by atoms with E-state index in [1.165, 1.54) is 42.8 Å². The molecule has 0 N–H and O–H groups in total. The quantitative estimate of drug-likeness (QED) is 0.324. The summed E-state index contributed by atoms with van der Waals surface area (Å²) in [7, 11) is 4.02. The van der Waals surface area contributed by atoms with Gasteiger partial charge < -0.3 is 0 Å². The molecule has 0 fully saturated rings. The average molecular weight is 204 g/mol. The van der Waals surface area contributed by atoms with Gasteiger partial charge in [-0.2, -0.15) is 0 Å². The first-order valence-electron chi connectivity index (χ1n) is 4.66. The van der Waals surface area contributed by atoms with Crippen LogP contribution in [0.15, 0.2) is 12.2 Å². The summed E-state index contributed by atoms with van der Waals surface area (Å²) in [4.78, 5) is 0. The molecule has 0 aliphatic heterocycles. The maximum absolute atomic E-state index is 3.89. The van der Waals surface area contributed by atoms with Crippen LogP contribution in [0, 0.1) is 0 Å². The summed E-state index contributed by atoms with van der Waals surface area (Å²) in [5.74, 6) is 2.60. The maximum atomic E-state index is 3.89. The van der Waals surface area contributed by atoms with E-state index < -0.39 is 0 Å². The molecule has 2 heteroatoms. The fourth-order valence-electron chi connectivity index (χ4n) is 0.789. The van der Waals surface area contributed by atoms with Gasteiger partial charge in [0.25, 0.3) is 0 Å². The SMILES string of the molecule is C=C(C)CCCCSSCCC. The lowest BCUT2D eigenvalue weighted by atomic mass is 10.2. The number of unbranched alkanes of at least 4 members (excludes halogenated alkanes) is 1. The molecule has 0 aromatic rings. The fraction of sp³-hybridized carbons (Fsp3) is 0.800. The van der Waals surface area contributed by atoms with Crippen molar-refractivity contribution < 1.29 is 0 Å². The number of hydrogen-bond donors (Lipinski definition) is 0. The third-order valence-corrected chi connectivity index (χ3v) is 4.15. The summed E-state index contributed by atoms with van der Waals surface area (Å²) in [5, 5.41) is 0. The first-order valence-corrected chi connectivity index (χ1v) is 7.15. The summed E-state index contributed by atoms with van der Waals surface area (Å²) >= 11 is 0. The van der Waals surface area contributed by atoms with Crippen LogP contribution in [-0.2, 0) is 0 Å². The predicted octanol–water partition coefficient (Wildman–Crippen LogP) is 4.52. The van der Waals surface area contributed by atoms with Crippen molar-refractivity contribution in [3.05, 3.63) is 12.2 Å². The summed E-state index contributed by atoms with van der Waals surface area (Å²) in [6, 6.07) is 0. The largest absolute Gasteiger partial charge is 0.100 e. The van der Waals surface area contributed by atoms with E-state index in [-0.39, 0.29) is 0 Å². The summed E-state index contributed by atoms with van der Waals surface area (Å²) in [6.45, 7) is 8.23. The highest BCUT2D eigenvalue weighted by molar-refractivity contribution is 8.76. The van der Waals surface area contributed by atoms with Gasteiger partial charge in [0.05, 0.1) is 0 Å². The Morgan fingerprint density at radius 1 is 1.17 bits per heavy atom. The van der Waals surface area contributed by atoms with E-state index in [9.17, 15) is 0 Å². The summed E-state index contributed by atoms with van der Waals surface area (Å²) < 4.78 is 0. The molecule has 0 amide bonds. The third kappa shape index (κ3) is 10.4. The van der Waals surface area contributed by atoms with Crippen molar-refractivity contribution in [2.45, 2.75) is 39.5 Å². The molecule has 0 aliphatic carbocycles. The Labute approximate surface area is 85.0 Å². The van der Waals surface area contributed by atoms with E-state index >= 15 is 0 Å². The Morgan fingerprint density at radius 2 is 1.83 bits per heavy atom. The van der Waals surface area contributed by atoms with Crippen molar-refractivity contribution in [2.24, 2.45) is 0 Å². The lowest BCUT2D eigenvalue weighted by Gasteiger charge is -2.00. The first-order chi connectivity index (χ1) is 5.77. The zero-order valence-electron chi connectivity index (χ0n) is 8.27. The predicted molar refractivity (Wildman–Crippen MR) is 63.9 cm³/mol. The molecule has 0 aliphatic rings. The molecule has 0 rings (SSSR count). The normalized spacial score (nSPS) is 10.2. The van der Waals surface area contributed by atoms with Crippen molar-refractivity contribution in [3.63, 3.8) is 0 Å². The van der Waals surface area contributed by atoms with Crippen LogP contribution in [0.5, 0.6) is 0 Å². The second kappa shape index (κ2) is 9.53. The summed E-state index contributed by atoms with van der Waals surface area (Å²) in [5.41, 5.74) is 1.32. The highest BCUT2D eigenvalue weighted by Crippen LogP contribution is 2.23. The molecule has 0 aromatic heterocycles. The van der Waals surface area contributed by atoms with E-state index in [1.54, 1.807) is 0 Å². The maximum Gasteiger partial charge on any atom is 0.00370 e. The van der Waals surface area contributed by atoms with Crippen LogP contribution >= 0.6 is 21.6 Å². The van der Waals surface area contributed by atoms with E-state index in [4.69, 9.17) is 0 Å². The molecule has 0 aromatic carbocycles. The molecular weight excluding hydrogens is 184 g/mol. The van der Waals surface area contributed by atoms with Gasteiger partial charge in [0, 0.05) is 11.5 Å². The Balaban J connectivity index is 2.86. The van der Waals surface area contributed by atoms with Gasteiger partial charge in [0.1, 0.15) is 0 Å². The van der Waals surface area contributed by atoms with Crippen LogP contribution < -0.4 is 0 Å². The molecular formula is C10H20S2. The third-order valence-electron chi connectivity index (χ3n) is 1.45. The number of rotatable bonds is 8. The fourth-order valence-corrected chi connectivity index (χ4v) is 3.07. The molecule has 0 spiro atoms. The van der Waals surface area contributed by atoms with E-state index in [0.29, 0.717) is 0 Å². The average Bonchev–Trinajstić information content (AvgIpc) is 2.02. The van der Waals surface area contributed by atoms with Crippen LogP contribution in [0.4, 0.5) is 0 Å².